The van der Waals surface area contributed by atoms with Gasteiger partial charge in [-0.3, -0.25) is 14.4 Å². The Bertz CT molecular complexity index is 416. The van der Waals surface area contributed by atoms with Crippen LogP contribution in [0.2, 0.25) is 0 Å². The number of carbonyl (C=O) groups is 3. The molecule has 0 saturated heterocycles. The Labute approximate surface area is 171 Å². The van der Waals surface area contributed by atoms with Crippen LogP contribution in [0.4, 0.5) is 0 Å². The second-order valence-corrected chi connectivity index (χ2v) is 8.52. The fourth-order valence-electron chi connectivity index (χ4n) is 3.09. The molecule has 0 heterocycles. The summed E-state index contributed by atoms with van der Waals surface area (Å²) in [5.41, 5.74) is 0. The van der Waals surface area contributed by atoms with Gasteiger partial charge in [-0.1, -0.05) is 67.2 Å². The Kier molecular flexibility index (Phi) is 14.8. The van der Waals surface area contributed by atoms with Gasteiger partial charge in [0.25, 0.3) is 0 Å². The zero-order chi connectivity index (χ0) is 21.5. The van der Waals surface area contributed by atoms with Crippen molar-refractivity contribution in [1.29, 1.82) is 0 Å². The summed E-state index contributed by atoms with van der Waals surface area (Å²) < 4.78 is 10.7. The highest BCUT2D eigenvalue weighted by molar-refractivity contribution is 6.08. The third-order valence-electron chi connectivity index (χ3n) is 4.65. The van der Waals surface area contributed by atoms with Crippen LogP contribution < -0.4 is 0 Å². The number of carbonyl (C=O) groups excluding carboxylic acids is 3. The molecule has 2 unspecified atom stereocenters. The van der Waals surface area contributed by atoms with Gasteiger partial charge in [-0.15, -0.1) is 0 Å². The van der Waals surface area contributed by atoms with E-state index in [1.807, 2.05) is 27.7 Å². The summed E-state index contributed by atoms with van der Waals surface area (Å²) in [4.78, 5) is 38.4. The second-order valence-electron chi connectivity index (χ2n) is 8.52. The molecule has 0 radical (unpaired) electrons. The standard InChI is InChI=1S/C23H42O5/c1-7-9-11-13-27-22(25)19(15-17(3)4)21(24)20(16-18(5)6)23(26)28-14-12-10-8-2/h17-20H,7-16H2,1-6H3. The molecule has 5 heteroatoms. The molecule has 0 aromatic carbocycles. The van der Waals surface area contributed by atoms with Crippen LogP contribution in [0.1, 0.15) is 92.9 Å². The first kappa shape index (κ1) is 26.6. The van der Waals surface area contributed by atoms with Gasteiger partial charge >= 0.3 is 11.9 Å². The Hall–Kier alpha value is -1.39. The Balaban J connectivity index is 5.17. The largest absolute Gasteiger partial charge is 0.465 e. The molecule has 0 aliphatic carbocycles. The third-order valence-corrected chi connectivity index (χ3v) is 4.65. The molecule has 0 fully saturated rings. The van der Waals surface area contributed by atoms with Crippen molar-refractivity contribution in [2.75, 3.05) is 13.2 Å². The van der Waals surface area contributed by atoms with Crippen LogP contribution in [0.5, 0.6) is 0 Å². The lowest BCUT2D eigenvalue weighted by atomic mass is 9.83. The quantitative estimate of drug-likeness (QED) is 0.199. The molecule has 0 aliphatic heterocycles. The molecule has 0 aliphatic rings. The summed E-state index contributed by atoms with van der Waals surface area (Å²) in [7, 11) is 0. The molecule has 0 rings (SSSR count). The van der Waals surface area contributed by atoms with Crippen LogP contribution in [0.25, 0.3) is 0 Å². The van der Waals surface area contributed by atoms with E-state index in [-0.39, 0.29) is 17.6 Å². The smallest absolute Gasteiger partial charge is 0.316 e. The highest BCUT2D eigenvalue weighted by atomic mass is 16.5. The van der Waals surface area contributed by atoms with Crippen LogP contribution >= 0.6 is 0 Å². The van der Waals surface area contributed by atoms with Crippen molar-refractivity contribution in [3.63, 3.8) is 0 Å². The van der Waals surface area contributed by atoms with E-state index in [1.54, 1.807) is 0 Å². The van der Waals surface area contributed by atoms with Crippen molar-refractivity contribution in [3.05, 3.63) is 0 Å². The molecular formula is C23H42O5. The van der Waals surface area contributed by atoms with E-state index in [4.69, 9.17) is 9.47 Å². The topological polar surface area (TPSA) is 69.7 Å². The maximum Gasteiger partial charge on any atom is 0.316 e. The van der Waals surface area contributed by atoms with Crippen LogP contribution in [-0.4, -0.2) is 30.9 Å². The molecule has 0 amide bonds. The number of ketones is 1. The van der Waals surface area contributed by atoms with Crippen molar-refractivity contribution >= 4 is 17.7 Å². The van der Waals surface area contributed by atoms with Crippen molar-refractivity contribution in [1.82, 2.24) is 0 Å². The Morgan fingerprint density at radius 3 is 1.29 bits per heavy atom. The molecule has 0 saturated carbocycles. The van der Waals surface area contributed by atoms with Crippen molar-refractivity contribution in [3.8, 4) is 0 Å². The first-order valence-corrected chi connectivity index (χ1v) is 11.1. The first-order valence-electron chi connectivity index (χ1n) is 11.1. The van der Waals surface area contributed by atoms with Crippen LogP contribution in [0.15, 0.2) is 0 Å². The predicted octanol–water partition coefficient (Wildman–Crippen LogP) is 5.35. The molecule has 0 aromatic rings. The summed E-state index contributed by atoms with van der Waals surface area (Å²) in [6, 6.07) is 0. The summed E-state index contributed by atoms with van der Waals surface area (Å²) in [5.74, 6) is -2.83. The molecule has 0 N–H and O–H groups in total. The minimum absolute atomic E-state index is 0.150. The normalized spacial score (nSPS) is 13.4. The van der Waals surface area contributed by atoms with E-state index in [9.17, 15) is 14.4 Å². The number of esters is 2. The molecule has 2 atom stereocenters. The summed E-state index contributed by atoms with van der Waals surface area (Å²) in [5, 5.41) is 0. The van der Waals surface area contributed by atoms with Gasteiger partial charge in [0.15, 0.2) is 5.78 Å². The average Bonchev–Trinajstić information content (AvgIpc) is 2.63. The van der Waals surface area contributed by atoms with Gasteiger partial charge in [0, 0.05) is 0 Å². The molecule has 0 spiro atoms. The molecule has 164 valence electrons. The van der Waals surface area contributed by atoms with Crippen LogP contribution in [0, 0.1) is 23.7 Å². The number of Topliss-reactive ketones (excluding diaryl/α,β-unsaturated/α-hetero) is 1. The molecule has 0 aromatic heterocycles. The van der Waals surface area contributed by atoms with Crippen LogP contribution in [-0.2, 0) is 23.9 Å². The minimum atomic E-state index is -0.895. The lowest BCUT2D eigenvalue weighted by Gasteiger charge is -2.23. The molecule has 5 nitrogen and oxygen atoms in total. The Morgan fingerprint density at radius 2 is 1.00 bits per heavy atom. The van der Waals surface area contributed by atoms with Gasteiger partial charge in [-0.25, -0.2) is 0 Å². The van der Waals surface area contributed by atoms with E-state index in [2.05, 4.69) is 13.8 Å². The lowest BCUT2D eigenvalue weighted by molar-refractivity contribution is -0.159. The third kappa shape index (κ3) is 11.5. The van der Waals surface area contributed by atoms with E-state index < -0.39 is 23.8 Å². The molecule has 28 heavy (non-hydrogen) atoms. The molecular weight excluding hydrogens is 356 g/mol. The summed E-state index contributed by atoms with van der Waals surface area (Å²) in [6.45, 7) is 12.7. The SMILES string of the molecule is CCCCCOC(=O)C(CC(C)C)C(=O)C(CC(C)C)C(=O)OCCCCC. The second kappa shape index (κ2) is 15.5. The monoisotopic (exact) mass is 398 g/mol. The number of ether oxygens (including phenoxy) is 2. The average molecular weight is 399 g/mol. The van der Waals surface area contributed by atoms with Crippen LogP contribution in [0.3, 0.4) is 0 Å². The van der Waals surface area contributed by atoms with Gasteiger partial charge in [0.2, 0.25) is 0 Å². The number of rotatable bonds is 16. The number of hydrogen-bond acceptors (Lipinski definition) is 5. The highest BCUT2D eigenvalue weighted by Gasteiger charge is 2.38. The van der Waals surface area contributed by atoms with Gasteiger partial charge in [-0.2, -0.15) is 0 Å². The Morgan fingerprint density at radius 1 is 0.643 bits per heavy atom. The van der Waals surface area contributed by atoms with Gasteiger partial charge in [0.05, 0.1) is 13.2 Å². The number of unbranched alkanes of at least 4 members (excludes halogenated alkanes) is 4. The first-order chi connectivity index (χ1) is 13.2. The summed E-state index contributed by atoms with van der Waals surface area (Å²) >= 11 is 0. The predicted molar refractivity (Wildman–Crippen MR) is 112 cm³/mol. The van der Waals surface area contributed by atoms with E-state index in [0.29, 0.717) is 26.1 Å². The summed E-state index contributed by atoms with van der Waals surface area (Å²) in [6.07, 6.45) is 6.40. The molecule has 0 bridgehead atoms. The zero-order valence-corrected chi connectivity index (χ0v) is 18.9. The van der Waals surface area contributed by atoms with Gasteiger partial charge in [0.1, 0.15) is 11.8 Å². The fourth-order valence-corrected chi connectivity index (χ4v) is 3.09. The van der Waals surface area contributed by atoms with E-state index in [1.165, 1.54) is 0 Å². The van der Waals surface area contributed by atoms with E-state index in [0.717, 1.165) is 38.5 Å². The number of hydrogen-bond donors (Lipinski definition) is 0. The maximum absolute atomic E-state index is 13.2. The van der Waals surface area contributed by atoms with Crippen molar-refractivity contribution in [2.24, 2.45) is 23.7 Å². The van der Waals surface area contributed by atoms with Gasteiger partial charge < -0.3 is 9.47 Å². The minimum Gasteiger partial charge on any atom is -0.465 e. The fraction of sp³-hybridized carbons (Fsp3) is 0.870. The van der Waals surface area contributed by atoms with Crippen molar-refractivity contribution in [2.45, 2.75) is 92.9 Å². The zero-order valence-electron chi connectivity index (χ0n) is 18.9. The maximum atomic E-state index is 13.2. The highest BCUT2D eigenvalue weighted by Crippen LogP contribution is 2.24. The lowest BCUT2D eigenvalue weighted by Crippen LogP contribution is -2.37. The van der Waals surface area contributed by atoms with E-state index >= 15 is 0 Å². The van der Waals surface area contributed by atoms with Gasteiger partial charge in [-0.05, 0) is 37.5 Å². The van der Waals surface area contributed by atoms with Crippen molar-refractivity contribution < 1.29 is 23.9 Å².